The molecule has 3 N–H and O–H groups in total. The third-order valence-corrected chi connectivity index (χ3v) is 5.30. The Kier molecular flexibility index (Phi) is 9.66. The minimum Gasteiger partial charge on any atom is -0.434 e. The van der Waals surface area contributed by atoms with Crippen LogP contribution in [0.5, 0.6) is 0 Å². The number of aryl methyl sites for hydroxylation is 1. The molecular formula is C27H31ClN4O5. The molecule has 0 aliphatic carbocycles. The molecule has 0 aromatic carbocycles. The molecule has 9 nitrogen and oxygen atoms in total. The lowest BCUT2D eigenvalue weighted by Crippen LogP contribution is -2.33. The second-order valence-corrected chi connectivity index (χ2v) is 9.18. The molecule has 10 heteroatoms. The molecule has 1 amide bonds. The molecule has 0 bridgehead atoms. The molecule has 0 atom stereocenters. The number of rotatable bonds is 11. The van der Waals surface area contributed by atoms with Gasteiger partial charge in [-0.15, -0.1) is 0 Å². The van der Waals surface area contributed by atoms with Gasteiger partial charge >= 0.3 is 5.97 Å². The van der Waals surface area contributed by atoms with E-state index in [1.54, 1.807) is 46.0 Å². The number of allylic oxidation sites excluding steroid dienone is 5. The topological polar surface area (TPSA) is 129 Å². The van der Waals surface area contributed by atoms with E-state index in [0.29, 0.717) is 34.7 Å². The van der Waals surface area contributed by atoms with Crippen LogP contribution in [0.1, 0.15) is 39.1 Å². The van der Waals surface area contributed by atoms with E-state index in [4.69, 9.17) is 16.3 Å². The van der Waals surface area contributed by atoms with Crippen molar-refractivity contribution in [3.8, 4) is 11.4 Å². The van der Waals surface area contributed by atoms with Crippen LogP contribution in [0.25, 0.3) is 11.4 Å². The van der Waals surface area contributed by atoms with E-state index in [0.717, 1.165) is 0 Å². The number of anilines is 1. The second kappa shape index (κ2) is 12.1. The summed E-state index contributed by atoms with van der Waals surface area (Å²) in [6.07, 6.45) is 8.97. The summed E-state index contributed by atoms with van der Waals surface area (Å²) < 4.78 is 5.37. The van der Waals surface area contributed by atoms with E-state index in [1.807, 2.05) is 0 Å². The van der Waals surface area contributed by atoms with Crippen molar-refractivity contribution in [1.82, 2.24) is 15.0 Å². The van der Waals surface area contributed by atoms with Crippen molar-refractivity contribution in [2.24, 2.45) is 0 Å². The second-order valence-electron chi connectivity index (χ2n) is 8.61. The van der Waals surface area contributed by atoms with Crippen molar-refractivity contribution >= 4 is 23.7 Å². The zero-order valence-electron chi connectivity index (χ0n) is 21.4. The quantitative estimate of drug-likeness (QED) is 0.170. The Labute approximate surface area is 221 Å². The van der Waals surface area contributed by atoms with Crippen molar-refractivity contribution < 1.29 is 24.9 Å². The predicted octanol–water partition coefficient (Wildman–Crippen LogP) is 4.36. The van der Waals surface area contributed by atoms with Gasteiger partial charge < -0.3 is 20.1 Å². The van der Waals surface area contributed by atoms with Crippen LogP contribution in [0.15, 0.2) is 84.0 Å². The minimum atomic E-state index is -2.75. The Balaban J connectivity index is 2.52. The molecule has 0 aliphatic rings. The zero-order valence-corrected chi connectivity index (χ0v) is 22.2. The van der Waals surface area contributed by atoms with Crippen LogP contribution >= 0.6 is 11.6 Å². The zero-order chi connectivity index (χ0) is 28.0. The number of carbonyl (C=O) groups excluding carboxylic acids is 1. The molecular weight excluding hydrogens is 496 g/mol. The van der Waals surface area contributed by atoms with Crippen molar-refractivity contribution in [1.29, 1.82) is 0 Å². The maximum Gasteiger partial charge on any atom is 0.351 e. The largest absolute Gasteiger partial charge is 0.434 e. The van der Waals surface area contributed by atoms with Crippen molar-refractivity contribution in [2.75, 3.05) is 4.90 Å². The van der Waals surface area contributed by atoms with E-state index < -0.39 is 11.6 Å². The first kappa shape index (κ1) is 29.6. The van der Waals surface area contributed by atoms with Gasteiger partial charge in [0.05, 0.1) is 27.7 Å². The lowest BCUT2D eigenvalue weighted by atomic mass is 10.1. The molecule has 2 rings (SSSR count). The third kappa shape index (κ3) is 7.43. The van der Waals surface area contributed by atoms with Crippen LogP contribution in [-0.2, 0) is 15.1 Å². The van der Waals surface area contributed by atoms with Crippen LogP contribution in [0, 0.1) is 6.92 Å². The molecule has 2 heterocycles. The minimum absolute atomic E-state index is 0.0684. The third-order valence-electron chi connectivity index (χ3n) is 5.11. The number of carbonyl (C=O) groups is 1. The predicted molar refractivity (Wildman–Crippen MR) is 143 cm³/mol. The van der Waals surface area contributed by atoms with Crippen molar-refractivity contribution in [3.05, 3.63) is 95.4 Å². The molecule has 0 saturated heterocycles. The SMILES string of the molecule is C=C/C=C(\C=C)C(O)(O)OC(/C=C(/C)N(C=O)c1cc(-c2ccnc(C(C)(C)O)n2)ncc1C)=C(/C)Cl. The normalized spacial score (nSPS) is 13.5. The van der Waals surface area contributed by atoms with Gasteiger partial charge in [0.15, 0.2) is 5.82 Å². The number of hydrogen-bond acceptors (Lipinski definition) is 8. The highest BCUT2D eigenvalue weighted by Crippen LogP contribution is 2.30. The maximum atomic E-state index is 12.2. The molecule has 2 aromatic heterocycles. The lowest BCUT2D eigenvalue weighted by molar-refractivity contribution is -0.287. The molecule has 0 fully saturated rings. The Morgan fingerprint density at radius 2 is 1.84 bits per heavy atom. The fraction of sp³-hybridized carbons (Fsp3) is 0.259. The van der Waals surface area contributed by atoms with E-state index in [-0.39, 0.29) is 22.2 Å². The Hall–Kier alpha value is -3.63. The summed E-state index contributed by atoms with van der Waals surface area (Å²) in [7, 11) is 0. The van der Waals surface area contributed by atoms with Crippen LogP contribution in [0.3, 0.4) is 0 Å². The molecule has 0 spiro atoms. The van der Waals surface area contributed by atoms with E-state index in [2.05, 4.69) is 28.1 Å². The van der Waals surface area contributed by atoms with Crippen molar-refractivity contribution in [3.63, 3.8) is 0 Å². The molecule has 0 unspecified atom stereocenters. The molecule has 2 aromatic rings. The summed E-state index contributed by atoms with van der Waals surface area (Å²) in [5, 5.41) is 31.2. The first-order chi connectivity index (χ1) is 17.2. The number of pyridine rings is 1. The van der Waals surface area contributed by atoms with Gasteiger partial charge in [-0.05, 0) is 52.3 Å². The smallest absolute Gasteiger partial charge is 0.351 e. The van der Waals surface area contributed by atoms with Gasteiger partial charge in [0.2, 0.25) is 6.41 Å². The van der Waals surface area contributed by atoms with Crippen LogP contribution in [0.4, 0.5) is 5.69 Å². The van der Waals surface area contributed by atoms with Gasteiger partial charge in [0, 0.05) is 24.2 Å². The lowest BCUT2D eigenvalue weighted by Gasteiger charge is -2.26. The number of halogens is 1. The van der Waals surface area contributed by atoms with Crippen LogP contribution < -0.4 is 4.90 Å². The first-order valence-electron chi connectivity index (χ1n) is 11.2. The van der Waals surface area contributed by atoms with E-state index in [9.17, 15) is 20.1 Å². The number of hydrogen-bond donors (Lipinski definition) is 3. The first-order valence-corrected chi connectivity index (χ1v) is 11.5. The van der Waals surface area contributed by atoms with Gasteiger partial charge in [-0.2, -0.15) is 0 Å². The summed E-state index contributed by atoms with van der Waals surface area (Å²) in [5.74, 6) is -2.62. The van der Waals surface area contributed by atoms with Gasteiger partial charge in [-0.3, -0.25) is 14.7 Å². The Morgan fingerprint density at radius 3 is 2.38 bits per heavy atom. The monoisotopic (exact) mass is 526 g/mol. The van der Waals surface area contributed by atoms with Crippen molar-refractivity contribution in [2.45, 2.75) is 46.2 Å². The highest BCUT2D eigenvalue weighted by molar-refractivity contribution is 6.29. The summed E-state index contributed by atoms with van der Waals surface area (Å²) >= 11 is 6.17. The van der Waals surface area contributed by atoms with Crippen LogP contribution in [0.2, 0.25) is 0 Å². The fourth-order valence-corrected chi connectivity index (χ4v) is 3.24. The number of amides is 1. The molecule has 0 saturated carbocycles. The maximum absolute atomic E-state index is 12.2. The van der Waals surface area contributed by atoms with E-state index in [1.165, 1.54) is 42.3 Å². The van der Waals surface area contributed by atoms with Gasteiger partial charge in [0.25, 0.3) is 0 Å². The molecule has 37 heavy (non-hydrogen) atoms. The number of ether oxygens (including phenoxy) is 1. The summed E-state index contributed by atoms with van der Waals surface area (Å²) in [6, 6.07) is 3.31. The number of aliphatic hydroxyl groups is 3. The number of aromatic nitrogens is 3. The van der Waals surface area contributed by atoms with Gasteiger partial charge in [0.1, 0.15) is 11.4 Å². The average molecular weight is 527 g/mol. The van der Waals surface area contributed by atoms with E-state index >= 15 is 0 Å². The summed E-state index contributed by atoms with van der Waals surface area (Å²) in [4.78, 5) is 26.4. The highest BCUT2D eigenvalue weighted by atomic mass is 35.5. The Bertz CT molecular complexity index is 1270. The molecule has 196 valence electrons. The number of nitrogens with zero attached hydrogens (tertiary/aromatic N) is 4. The Morgan fingerprint density at radius 1 is 1.16 bits per heavy atom. The van der Waals surface area contributed by atoms with Gasteiger partial charge in [-0.25, -0.2) is 9.97 Å². The average Bonchev–Trinajstić information content (AvgIpc) is 2.82. The fourth-order valence-electron chi connectivity index (χ4n) is 3.15. The summed E-state index contributed by atoms with van der Waals surface area (Å²) in [5.41, 5.74) is 1.11. The molecule has 0 aliphatic heterocycles. The highest BCUT2D eigenvalue weighted by Gasteiger charge is 2.31. The molecule has 0 radical (unpaired) electrons. The summed E-state index contributed by atoms with van der Waals surface area (Å²) in [6.45, 7) is 15.1. The van der Waals surface area contributed by atoms with Crippen LogP contribution in [-0.4, -0.2) is 42.7 Å². The van der Waals surface area contributed by atoms with Gasteiger partial charge in [-0.1, -0.05) is 43.0 Å². The standard InChI is InChI=1S/C27H31ClN4O5/c1-8-10-20(9-2)27(35,36)37-24(19(5)28)13-18(4)32(16-33)23-14-22(30-15-17(23)3)21-11-12-29-25(31-21)26(6,7)34/h8-16,34-36H,1-2H2,3-7H3/b18-13-,20-10+,24-19-.